The third-order valence-electron chi connectivity index (χ3n) is 6.32. The van der Waals surface area contributed by atoms with Crippen molar-refractivity contribution in [1.82, 2.24) is 14.8 Å². The SMILES string of the molecule is C=C(O/C(C(=O)Nc1ccc(N2CCN(C(=O)Nc3ccccc3F)CC2)nc1)=C(\C)C(F)(F)F)N(CC)CC. The number of nitrogens with zero attached hydrogens (tertiary/aromatic N) is 4. The molecule has 1 aliphatic rings. The molecule has 1 saturated heterocycles. The first-order valence-electron chi connectivity index (χ1n) is 12.7. The number of piperazine rings is 1. The van der Waals surface area contributed by atoms with Crippen LogP contribution in [0.2, 0.25) is 0 Å². The number of ether oxygens (including phenoxy) is 1. The number of nitrogens with one attached hydrogen (secondary N) is 2. The second-order valence-electron chi connectivity index (χ2n) is 8.86. The summed E-state index contributed by atoms with van der Waals surface area (Å²) < 4.78 is 59.5. The Morgan fingerprint density at radius 3 is 2.25 bits per heavy atom. The van der Waals surface area contributed by atoms with Crippen molar-refractivity contribution in [2.45, 2.75) is 26.9 Å². The fourth-order valence-electron chi connectivity index (χ4n) is 3.91. The standard InChI is InChI=1S/C27H32F4N6O3/c1-5-35(6-2)19(4)40-24(18(3)27(29,30)31)25(38)33-20-11-12-23(32-17-20)36-13-15-37(16-14-36)26(39)34-22-10-8-7-9-21(22)28/h7-12,17H,4-6,13-16H2,1-3H3,(H,33,38)(H,34,39)/b24-18+. The number of para-hydroxylation sites is 1. The van der Waals surface area contributed by atoms with E-state index in [1.54, 1.807) is 35.8 Å². The van der Waals surface area contributed by atoms with Gasteiger partial charge in [-0.05, 0) is 51.6 Å². The van der Waals surface area contributed by atoms with E-state index in [4.69, 9.17) is 4.74 Å². The Bertz CT molecular complexity index is 1240. The molecule has 3 amide bonds. The highest BCUT2D eigenvalue weighted by molar-refractivity contribution is 6.03. The molecule has 0 aliphatic carbocycles. The van der Waals surface area contributed by atoms with Crippen molar-refractivity contribution < 1.29 is 31.9 Å². The number of hydrogen-bond acceptors (Lipinski definition) is 6. The molecule has 0 spiro atoms. The zero-order valence-corrected chi connectivity index (χ0v) is 22.5. The minimum atomic E-state index is -4.79. The van der Waals surface area contributed by atoms with Crippen LogP contribution < -0.4 is 15.5 Å². The van der Waals surface area contributed by atoms with Crippen molar-refractivity contribution in [3.05, 3.63) is 72.2 Å². The monoisotopic (exact) mass is 564 g/mol. The third-order valence-corrected chi connectivity index (χ3v) is 6.32. The minimum Gasteiger partial charge on any atom is -0.436 e. The summed E-state index contributed by atoms with van der Waals surface area (Å²) in [6.45, 7) is 10.5. The van der Waals surface area contributed by atoms with Gasteiger partial charge < -0.3 is 30.1 Å². The van der Waals surface area contributed by atoms with Gasteiger partial charge in [-0.3, -0.25) is 4.79 Å². The highest BCUT2D eigenvalue weighted by Crippen LogP contribution is 2.30. The van der Waals surface area contributed by atoms with Crippen LogP contribution in [0.15, 0.2) is 66.4 Å². The number of hydrogen-bond donors (Lipinski definition) is 2. The summed E-state index contributed by atoms with van der Waals surface area (Å²) in [5.41, 5.74) is -0.929. The minimum absolute atomic E-state index is 0.0750. The summed E-state index contributed by atoms with van der Waals surface area (Å²) in [7, 11) is 0. The first kappa shape index (κ1) is 30.3. The van der Waals surface area contributed by atoms with E-state index >= 15 is 0 Å². The largest absolute Gasteiger partial charge is 0.436 e. The zero-order chi connectivity index (χ0) is 29.4. The quantitative estimate of drug-likeness (QED) is 0.248. The Morgan fingerprint density at radius 1 is 1.05 bits per heavy atom. The van der Waals surface area contributed by atoms with Gasteiger partial charge in [-0.2, -0.15) is 13.2 Å². The molecular formula is C27H32F4N6O3. The van der Waals surface area contributed by atoms with Crippen LogP contribution in [0.1, 0.15) is 20.8 Å². The van der Waals surface area contributed by atoms with Crippen molar-refractivity contribution in [3.8, 4) is 0 Å². The molecule has 1 fully saturated rings. The average Bonchev–Trinajstić information content (AvgIpc) is 2.93. The van der Waals surface area contributed by atoms with Crippen LogP contribution in [0.3, 0.4) is 0 Å². The number of benzene rings is 1. The average molecular weight is 565 g/mol. The van der Waals surface area contributed by atoms with Crippen LogP contribution in [-0.4, -0.2) is 72.2 Å². The lowest BCUT2D eigenvalue weighted by atomic mass is 10.2. The van der Waals surface area contributed by atoms with Crippen LogP contribution in [0.5, 0.6) is 0 Å². The molecule has 40 heavy (non-hydrogen) atoms. The number of carbonyl (C=O) groups excluding carboxylic acids is 2. The predicted octanol–water partition coefficient (Wildman–Crippen LogP) is 5.18. The summed E-state index contributed by atoms with van der Waals surface area (Å²) in [5, 5.41) is 4.96. The van der Waals surface area contributed by atoms with Crippen LogP contribution in [0.4, 0.5) is 39.5 Å². The second kappa shape index (κ2) is 13.2. The Labute approximate surface area is 230 Å². The number of carbonyl (C=O) groups is 2. The smallest absolute Gasteiger partial charge is 0.416 e. The molecule has 2 aromatic rings. The molecule has 13 heteroatoms. The van der Waals surface area contributed by atoms with Crippen LogP contribution in [0.25, 0.3) is 0 Å². The number of pyridine rings is 1. The molecule has 0 saturated carbocycles. The van der Waals surface area contributed by atoms with Gasteiger partial charge >= 0.3 is 12.2 Å². The number of anilines is 3. The maximum absolute atomic E-state index is 13.8. The zero-order valence-electron chi connectivity index (χ0n) is 22.5. The summed E-state index contributed by atoms with van der Waals surface area (Å²) >= 11 is 0. The molecule has 0 radical (unpaired) electrons. The van der Waals surface area contributed by atoms with Crippen molar-refractivity contribution in [1.29, 1.82) is 0 Å². The first-order chi connectivity index (χ1) is 18.9. The molecule has 3 rings (SSSR count). The lowest BCUT2D eigenvalue weighted by Crippen LogP contribution is -2.50. The van der Waals surface area contributed by atoms with Gasteiger partial charge in [-0.25, -0.2) is 14.2 Å². The molecule has 9 nitrogen and oxygen atoms in total. The van der Waals surface area contributed by atoms with E-state index in [9.17, 15) is 27.2 Å². The van der Waals surface area contributed by atoms with Gasteiger partial charge in [0.15, 0.2) is 5.88 Å². The molecule has 1 aromatic carbocycles. The third kappa shape index (κ3) is 7.64. The van der Waals surface area contributed by atoms with Crippen molar-refractivity contribution in [2.24, 2.45) is 0 Å². The van der Waals surface area contributed by atoms with E-state index < -0.39 is 35.3 Å². The maximum atomic E-state index is 13.8. The molecule has 0 unspecified atom stereocenters. The van der Waals surface area contributed by atoms with Gasteiger partial charge in [-0.15, -0.1) is 0 Å². The number of allylic oxidation sites excluding steroid dienone is 1. The number of rotatable bonds is 9. The first-order valence-corrected chi connectivity index (χ1v) is 12.7. The molecule has 2 heterocycles. The Hall–Kier alpha value is -4.29. The van der Waals surface area contributed by atoms with E-state index in [1.165, 1.54) is 30.5 Å². The van der Waals surface area contributed by atoms with E-state index in [1.807, 2.05) is 4.90 Å². The summed E-state index contributed by atoms with van der Waals surface area (Å²) in [4.78, 5) is 34.7. The molecule has 216 valence electrons. The summed E-state index contributed by atoms with van der Waals surface area (Å²) in [5.74, 6) is -2.04. The second-order valence-corrected chi connectivity index (χ2v) is 8.86. The van der Waals surface area contributed by atoms with Crippen molar-refractivity contribution in [2.75, 3.05) is 54.8 Å². The van der Waals surface area contributed by atoms with Crippen molar-refractivity contribution >= 4 is 29.1 Å². The van der Waals surface area contributed by atoms with Gasteiger partial charge in [0.25, 0.3) is 5.91 Å². The van der Waals surface area contributed by atoms with Gasteiger partial charge in [0.2, 0.25) is 5.76 Å². The number of aromatic nitrogens is 1. The van der Waals surface area contributed by atoms with Gasteiger partial charge in [0.1, 0.15) is 11.6 Å². The predicted molar refractivity (Wildman–Crippen MR) is 144 cm³/mol. The molecule has 0 bridgehead atoms. The Balaban J connectivity index is 1.62. The van der Waals surface area contributed by atoms with Crippen LogP contribution in [-0.2, 0) is 9.53 Å². The maximum Gasteiger partial charge on any atom is 0.416 e. The molecule has 1 aliphatic heterocycles. The highest BCUT2D eigenvalue weighted by Gasteiger charge is 2.37. The Morgan fingerprint density at radius 2 is 1.70 bits per heavy atom. The van der Waals surface area contributed by atoms with E-state index in [0.717, 1.165) is 6.92 Å². The normalized spacial score (nSPS) is 14.3. The van der Waals surface area contributed by atoms with Crippen LogP contribution >= 0.6 is 0 Å². The number of amides is 3. The number of alkyl halides is 3. The lowest BCUT2D eigenvalue weighted by Gasteiger charge is -2.35. The summed E-state index contributed by atoms with van der Waals surface area (Å²) in [6.07, 6.45) is -3.46. The molecule has 1 aromatic heterocycles. The fraction of sp³-hybridized carbons (Fsp3) is 0.370. The van der Waals surface area contributed by atoms with E-state index in [2.05, 4.69) is 22.2 Å². The number of urea groups is 1. The Kier molecular flexibility index (Phi) is 9.97. The fourth-order valence-corrected chi connectivity index (χ4v) is 3.91. The van der Waals surface area contributed by atoms with E-state index in [-0.39, 0.29) is 17.3 Å². The topological polar surface area (TPSA) is 90.0 Å². The highest BCUT2D eigenvalue weighted by atomic mass is 19.4. The van der Waals surface area contributed by atoms with E-state index in [0.29, 0.717) is 45.1 Å². The number of halogens is 4. The lowest BCUT2D eigenvalue weighted by molar-refractivity contribution is -0.119. The molecule has 2 N–H and O–H groups in total. The van der Waals surface area contributed by atoms with Gasteiger partial charge in [-0.1, -0.05) is 12.1 Å². The van der Waals surface area contributed by atoms with Crippen molar-refractivity contribution in [3.63, 3.8) is 0 Å². The van der Waals surface area contributed by atoms with Gasteiger partial charge in [0.05, 0.1) is 23.1 Å². The van der Waals surface area contributed by atoms with Gasteiger partial charge in [0, 0.05) is 39.3 Å². The van der Waals surface area contributed by atoms with Crippen LogP contribution in [0, 0.1) is 5.82 Å². The summed E-state index contributed by atoms with van der Waals surface area (Å²) in [6, 6.07) is 8.60. The molecular weight excluding hydrogens is 532 g/mol. The molecule has 0 atom stereocenters.